The molecule has 1 fully saturated rings. The first-order valence-corrected chi connectivity index (χ1v) is 9.79. The van der Waals surface area contributed by atoms with Crippen molar-refractivity contribution in [2.24, 2.45) is 5.84 Å². The molecule has 3 aromatic rings. The number of nitrogen functional groups attached to an aromatic ring is 1. The third kappa shape index (κ3) is 2.71. The number of nitrogens with one attached hydrogen (secondary N) is 1. The molecular weight excluding hydrogens is 366 g/mol. The van der Waals surface area contributed by atoms with E-state index in [1.807, 2.05) is 0 Å². The summed E-state index contributed by atoms with van der Waals surface area (Å²) in [6.45, 7) is 7.85. The lowest BCUT2D eigenvalue weighted by Gasteiger charge is -2.36. The van der Waals surface area contributed by atoms with E-state index in [0.717, 1.165) is 51.3 Å². The Labute approximate surface area is 159 Å². The van der Waals surface area contributed by atoms with Gasteiger partial charge in [-0.05, 0) is 24.6 Å². The molecule has 0 aliphatic carbocycles. The number of hydrogen-bond donors (Lipinski definition) is 2. The molecule has 27 heavy (non-hydrogen) atoms. The fourth-order valence-corrected chi connectivity index (χ4v) is 4.93. The van der Waals surface area contributed by atoms with Crippen LogP contribution in [0.1, 0.15) is 25.0 Å². The van der Waals surface area contributed by atoms with Gasteiger partial charge in [0.1, 0.15) is 20.9 Å². The van der Waals surface area contributed by atoms with Gasteiger partial charge in [0.25, 0.3) is 0 Å². The van der Waals surface area contributed by atoms with Gasteiger partial charge in [-0.2, -0.15) is 0 Å². The second kappa shape index (κ2) is 6.20. The summed E-state index contributed by atoms with van der Waals surface area (Å²) in [4.78, 5) is 8.24. The third-order valence-corrected chi connectivity index (χ3v) is 6.25. The molecule has 2 aliphatic heterocycles. The largest absolute Gasteiger partial charge is 0.378 e. The van der Waals surface area contributed by atoms with Crippen molar-refractivity contribution in [3.05, 3.63) is 11.1 Å². The molecular formula is C17H21N7O2S. The number of nitrogens with zero attached hydrogens (tertiary/aromatic N) is 5. The highest BCUT2D eigenvalue weighted by molar-refractivity contribution is 7.26. The number of aromatic nitrogens is 4. The fourth-order valence-electron chi connectivity index (χ4n) is 3.85. The lowest BCUT2D eigenvalue weighted by Crippen LogP contribution is -2.39. The predicted octanol–water partition coefficient (Wildman–Crippen LogP) is 1.61. The second-order valence-electron chi connectivity index (χ2n) is 7.46. The third-order valence-electron chi connectivity index (χ3n) is 5.17. The van der Waals surface area contributed by atoms with Crippen LogP contribution in [0, 0.1) is 0 Å². The molecule has 0 atom stereocenters. The molecule has 0 unspecified atom stereocenters. The average molecular weight is 387 g/mol. The van der Waals surface area contributed by atoms with Crippen LogP contribution in [-0.2, 0) is 22.5 Å². The number of nitrogens with two attached hydrogens (primary N) is 1. The minimum Gasteiger partial charge on any atom is -0.378 e. The molecule has 5 heterocycles. The second-order valence-corrected chi connectivity index (χ2v) is 8.46. The van der Waals surface area contributed by atoms with Crippen LogP contribution in [0.2, 0.25) is 0 Å². The van der Waals surface area contributed by atoms with Crippen molar-refractivity contribution in [3.63, 3.8) is 0 Å². The molecule has 0 amide bonds. The quantitative estimate of drug-likeness (QED) is 0.500. The van der Waals surface area contributed by atoms with Gasteiger partial charge in [-0.3, -0.25) is 0 Å². The number of fused-ring (bicyclic) bond motifs is 5. The molecule has 9 nitrogen and oxygen atoms in total. The van der Waals surface area contributed by atoms with Crippen molar-refractivity contribution in [3.8, 4) is 0 Å². The molecule has 0 spiro atoms. The lowest BCUT2D eigenvalue weighted by molar-refractivity contribution is -0.0396. The molecule has 0 radical (unpaired) electrons. The summed E-state index contributed by atoms with van der Waals surface area (Å²) in [6.07, 6.45) is 0.792. The van der Waals surface area contributed by atoms with Crippen LogP contribution in [0.3, 0.4) is 0 Å². The first kappa shape index (κ1) is 17.0. The Morgan fingerprint density at radius 3 is 2.78 bits per heavy atom. The highest BCUT2D eigenvalue weighted by Gasteiger charge is 2.33. The number of hydrazine groups is 1. The van der Waals surface area contributed by atoms with E-state index in [1.54, 1.807) is 11.3 Å². The van der Waals surface area contributed by atoms with Gasteiger partial charge in [-0.15, -0.1) is 21.5 Å². The van der Waals surface area contributed by atoms with Crippen molar-refractivity contribution < 1.29 is 9.47 Å². The maximum Gasteiger partial charge on any atom is 0.184 e. The Morgan fingerprint density at radius 1 is 1.19 bits per heavy atom. The molecule has 0 bridgehead atoms. The molecule has 0 aromatic carbocycles. The van der Waals surface area contributed by atoms with Crippen LogP contribution in [0.25, 0.3) is 20.4 Å². The van der Waals surface area contributed by atoms with Crippen molar-refractivity contribution in [2.75, 3.05) is 36.6 Å². The number of hydrogen-bond acceptors (Lipinski definition) is 10. The fraction of sp³-hybridized carbons (Fsp3) is 0.529. The maximum absolute atomic E-state index is 6.13. The zero-order chi connectivity index (χ0) is 18.6. The van der Waals surface area contributed by atoms with Gasteiger partial charge in [-0.1, -0.05) is 0 Å². The minimum atomic E-state index is -0.243. The van der Waals surface area contributed by atoms with Crippen LogP contribution in [0.15, 0.2) is 0 Å². The molecule has 3 N–H and O–H groups in total. The first-order valence-electron chi connectivity index (χ1n) is 8.98. The summed E-state index contributed by atoms with van der Waals surface area (Å²) in [6, 6.07) is 0. The molecule has 5 rings (SSSR count). The van der Waals surface area contributed by atoms with Gasteiger partial charge in [-0.25, -0.2) is 10.8 Å². The molecule has 1 saturated heterocycles. The van der Waals surface area contributed by atoms with E-state index >= 15 is 0 Å². The SMILES string of the molecule is CC1(C)Cc2c(c(N3CCOCC3)nc3sc4c(NN)nnnc4c23)CO1. The van der Waals surface area contributed by atoms with E-state index in [2.05, 4.69) is 39.6 Å². The topological polar surface area (TPSA) is 111 Å². The summed E-state index contributed by atoms with van der Waals surface area (Å²) in [5.41, 5.74) is 5.56. The summed E-state index contributed by atoms with van der Waals surface area (Å²) >= 11 is 1.55. The Balaban J connectivity index is 1.81. The number of morpholine rings is 1. The Bertz CT molecular complexity index is 1030. The molecule has 3 aromatic heterocycles. The number of anilines is 2. The van der Waals surface area contributed by atoms with Crippen LogP contribution < -0.4 is 16.2 Å². The maximum atomic E-state index is 6.13. The summed E-state index contributed by atoms with van der Waals surface area (Å²) < 4.78 is 12.5. The Hall–Kier alpha value is -2.14. The minimum absolute atomic E-state index is 0.243. The highest BCUT2D eigenvalue weighted by Crippen LogP contribution is 2.43. The highest BCUT2D eigenvalue weighted by atomic mass is 32.1. The molecule has 0 saturated carbocycles. The predicted molar refractivity (Wildman–Crippen MR) is 104 cm³/mol. The van der Waals surface area contributed by atoms with Crippen LogP contribution in [-0.4, -0.2) is 52.3 Å². The van der Waals surface area contributed by atoms with Crippen LogP contribution >= 0.6 is 11.3 Å². The summed E-state index contributed by atoms with van der Waals surface area (Å²) in [7, 11) is 0. The van der Waals surface area contributed by atoms with Crippen molar-refractivity contribution in [2.45, 2.75) is 32.5 Å². The van der Waals surface area contributed by atoms with E-state index < -0.39 is 0 Å². The first-order chi connectivity index (χ1) is 13.1. The molecule has 142 valence electrons. The average Bonchev–Trinajstić information content (AvgIpc) is 3.06. The van der Waals surface area contributed by atoms with Crippen LogP contribution in [0.4, 0.5) is 11.6 Å². The zero-order valence-corrected chi connectivity index (χ0v) is 16.1. The standard InChI is InChI=1S/C17H21N7O2S/c1-17(2)7-9-10(8-26-17)15(24-3-5-25-6-4-24)19-16-11(9)12-13(27-16)14(20-18)22-23-21-12/h3-8,18H2,1-2H3,(H,20,21,22). The van der Waals surface area contributed by atoms with E-state index in [4.69, 9.17) is 20.3 Å². The summed E-state index contributed by atoms with van der Waals surface area (Å²) in [5.74, 6) is 7.15. The van der Waals surface area contributed by atoms with Crippen molar-refractivity contribution in [1.82, 2.24) is 20.4 Å². The number of rotatable bonds is 2. The van der Waals surface area contributed by atoms with Crippen molar-refractivity contribution in [1.29, 1.82) is 0 Å². The lowest BCUT2D eigenvalue weighted by atomic mass is 9.90. The van der Waals surface area contributed by atoms with Gasteiger partial charge in [0.05, 0.1) is 25.4 Å². The van der Waals surface area contributed by atoms with E-state index in [9.17, 15) is 0 Å². The zero-order valence-electron chi connectivity index (χ0n) is 15.3. The van der Waals surface area contributed by atoms with E-state index in [1.165, 1.54) is 5.56 Å². The molecule has 10 heteroatoms. The van der Waals surface area contributed by atoms with Crippen molar-refractivity contribution >= 4 is 43.4 Å². The van der Waals surface area contributed by atoms with E-state index in [0.29, 0.717) is 25.6 Å². The van der Waals surface area contributed by atoms with E-state index in [-0.39, 0.29) is 5.60 Å². The smallest absolute Gasteiger partial charge is 0.184 e. The van der Waals surface area contributed by atoms with Gasteiger partial charge in [0.2, 0.25) is 0 Å². The number of thiophene rings is 1. The van der Waals surface area contributed by atoms with Gasteiger partial charge < -0.3 is 19.8 Å². The Morgan fingerprint density at radius 2 is 2.00 bits per heavy atom. The number of ether oxygens (including phenoxy) is 2. The Kier molecular flexibility index (Phi) is 3.90. The monoisotopic (exact) mass is 387 g/mol. The number of pyridine rings is 1. The summed E-state index contributed by atoms with van der Waals surface area (Å²) in [5, 5.41) is 13.3. The van der Waals surface area contributed by atoms with Gasteiger partial charge in [0.15, 0.2) is 5.82 Å². The van der Waals surface area contributed by atoms with Gasteiger partial charge in [0, 0.05) is 30.5 Å². The normalized spacial score (nSPS) is 19.4. The van der Waals surface area contributed by atoms with Crippen LogP contribution in [0.5, 0.6) is 0 Å². The van der Waals surface area contributed by atoms with Gasteiger partial charge >= 0.3 is 0 Å². The molecule has 2 aliphatic rings.